The first-order valence-electron chi connectivity index (χ1n) is 9.31. The topological polar surface area (TPSA) is 98.6 Å². The molecule has 0 aliphatic carbocycles. The molecule has 150 valence electrons. The van der Waals surface area contributed by atoms with Crippen LogP contribution in [0.25, 0.3) is 11.1 Å². The molecule has 0 spiro atoms. The number of hydrogen-bond donors (Lipinski definition) is 0. The number of halogens is 1. The Bertz CT molecular complexity index is 1170. The van der Waals surface area contributed by atoms with Gasteiger partial charge in [0.2, 0.25) is 5.91 Å². The van der Waals surface area contributed by atoms with Crippen LogP contribution in [0.15, 0.2) is 45.6 Å². The number of non-ortho nitro benzene ring substituents is 1. The minimum Gasteiger partial charge on any atom is -0.407 e. The molecule has 0 saturated carbocycles. The average molecular weight is 399 g/mol. The molecule has 0 N–H and O–H groups in total. The van der Waals surface area contributed by atoms with E-state index in [9.17, 15) is 24.1 Å². The van der Waals surface area contributed by atoms with Crippen molar-refractivity contribution in [2.75, 3.05) is 11.4 Å². The molecule has 2 heterocycles. The number of benzene rings is 2. The molecule has 0 fully saturated rings. The number of hydrogen-bond acceptors (Lipinski definition) is 5. The van der Waals surface area contributed by atoms with Gasteiger partial charge in [-0.15, -0.1) is 0 Å². The molecular weight excluding hydrogens is 381 g/mol. The van der Waals surface area contributed by atoms with E-state index in [0.717, 1.165) is 18.4 Å². The van der Waals surface area contributed by atoms with Crippen molar-refractivity contribution in [3.05, 3.63) is 68.4 Å². The van der Waals surface area contributed by atoms with Crippen LogP contribution >= 0.6 is 0 Å². The molecule has 9 heteroatoms. The van der Waals surface area contributed by atoms with Crippen molar-refractivity contribution in [3.63, 3.8) is 0 Å². The molecule has 1 amide bonds. The van der Waals surface area contributed by atoms with Crippen LogP contribution in [0.4, 0.5) is 15.8 Å². The summed E-state index contributed by atoms with van der Waals surface area (Å²) in [6, 6.07) is 8.77. The zero-order valence-electron chi connectivity index (χ0n) is 15.5. The van der Waals surface area contributed by atoms with Gasteiger partial charge in [0, 0.05) is 25.6 Å². The molecule has 3 aromatic rings. The number of nitro groups is 1. The predicted octanol–water partition coefficient (Wildman–Crippen LogP) is 3.40. The van der Waals surface area contributed by atoms with E-state index in [2.05, 4.69) is 0 Å². The lowest BCUT2D eigenvalue weighted by Gasteiger charge is -2.30. The first kappa shape index (κ1) is 18.9. The molecular formula is C20H18FN3O5. The summed E-state index contributed by atoms with van der Waals surface area (Å²) in [4.78, 5) is 36.5. The van der Waals surface area contributed by atoms with Crippen molar-refractivity contribution >= 4 is 28.4 Å². The van der Waals surface area contributed by atoms with Crippen molar-refractivity contribution in [2.45, 2.75) is 32.2 Å². The second kappa shape index (κ2) is 7.50. The highest BCUT2D eigenvalue weighted by Crippen LogP contribution is 2.30. The van der Waals surface area contributed by atoms with Crippen molar-refractivity contribution in [3.8, 4) is 0 Å². The molecule has 0 radical (unpaired) electrons. The van der Waals surface area contributed by atoms with E-state index < -0.39 is 16.5 Å². The van der Waals surface area contributed by atoms with Crippen LogP contribution in [0, 0.1) is 15.9 Å². The monoisotopic (exact) mass is 399 g/mol. The number of rotatable bonds is 5. The number of fused-ring (bicyclic) bond motifs is 2. The molecule has 1 aliphatic rings. The normalized spacial score (nSPS) is 13.5. The SMILES string of the molecule is O=C(CCCn1c(=O)oc2cc([N+](=O)[O-])ccc21)N1CCCc2cccc(F)c21. The van der Waals surface area contributed by atoms with Crippen LogP contribution in [-0.2, 0) is 17.8 Å². The number of carbonyl (C=O) groups is 1. The van der Waals surface area contributed by atoms with Crippen LogP contribution in [0.1, 0.15) is 24.8 Å². The number of nitrogens with zero attached hydrogens (tertiary/aromatic N) is 3. The molecule has 1 aromatic heterocycles. The van der Waals surface area contributed by atoms with E-state index in [-0.39, 0.29) is 30.1 Å². The summed E-state index contributed by atoms with van der Waals surface area (Å²) in [6.45, 7) is 0.679. The second-order valence-electron chi connectivity index (χ2n) is 6.93. The summed E-state index contributed by atoms with van der Waals surface area (Å²) in [5.41, 5.74) is 1.56. The first-order valence-corrected chi connectivity index (χ1v) is 9.31. The number of aromatic nitrogens is 1. The minimum absolute atomic E-state index is 0.127. The Morgan fingerprint density at radius 1 is 1.28 bits per heavy atom. The van der Waals surface area contributed by atoms with Gasteiger partial charge in [-0.05, 0) is 37.0 Å². The van der Waals surface area contributed by atoms with E-state index in [1.807, 2.05) is 6.07 Å². The Kier molecular flexibility index (Phi) is 4.87. The van der Waals surface area contributed by atoms with Crippen LogP contribution in [-0.4, -0.2) is 21.9 Å². The van der Waals surface area contributed by atoms with Crippen molar-refractivity contribution in [1.82, 2.24) is 4.57 Å². The lowest BCUT2D eigenvalue weighted by molar-refractivity contribution is -0.384. The third-order valence-electron chi connectivity index (χ3n) is 5.10. The lowest BCUT2D eigenvalue weighted by Crippen LogP contribution is -2.36. The Morgan fingerprint density at radius 2 is 2.10 bits per heavy atom. The van der Waals surface area contributed by atoms with E-state index in [0.29, 0.717) is 24.2 Å². The summed E-state index contributed by atoms with van der Waals surface area (Å²) >= 11 is 0. The lowest BCUT2D eigenvalue weighted by atomic mass is 10.0. The van der Waals surface area contributed by atoms with Gasteiger partial charge in [0.1, 0.15) is 5.82 Å². The zero-order valence-corrected chi connectivity index (χ0v) is 15.5. The Labute approximate surface area is 164 Å². The highest BCUT2D eigenvalue weighted by atomic mass is 19.1. The smallest absolute Gasteiger partial charge is 0.407 e. The summed E-state index contributed by atoms with van der Waals surface area (Å²) in [6.07, 6.45) is 2.00. The Hall–Kier alpha value is -3.49. The predicted molar refractivity (Wildman–Crippen MR) is 103 cm³/mol. The maximum Gasteiger partial charge on any atom is 0.419 e. The standard InChI is InChI=1S/C20H18FN3O5/c21-15-6-1-4-13-5-2-11-23(19(13)15)18(25)7-3-10-22-16-9-8-14(24(27)28)12-17(16)29-20(22)26/h1,4,6,8-9,12H,2-3,5,7,10-11H2. The van der Waals surface area contributed by atoms with Crippen LogP contribution in [0.2, 0.25) is 0 Å². The molecule has 0 bridgehead atoms. The van der Waals surface area contributed by atoms with Crippen molar-refractivity contribution in [2.24, 2.45) is 0 Å². The third kappa shape index (κ3) is 3.51. The minimum atomic E-state index is -0.637. The van der Waals surface area contributed by atoms with Gasteiger partial charge in [0.05, 0.1) is 22.2 Å². The van der Waals surface area contributed by atoms with Crippen LogP contribution in [0.3, 0.4) is 0 Å². The van der Waals surface area contributed by atoms with Gasteiger partial charge in [-0.25, -0.2) is 9.18 Å². The quantitative estimate of drug-likeness (QED) is 0.484. The third-order valence-corrected chi connectivity index (χ3v) is 5.10. The zero-order chi connectivity index (χ0) is 20.5. The largest absolute Gasteiger partial charge is 0.419 e. The highest BCUT2D eigenvalue weighted by molar-refractivity contribution is 5.94. The van der Waals surface area contributed by atoms with Gasteiger partial charge in [0.25, 0.3) is 5.69 Å². The van der Waals surface area contributed by atoms with Gasteiger partial charge in [-0.1, -0.05) is 12.1 Å². The maximum atomic E-state index is 14.2. The summed E-state index contributed by atoms with van der Waals surface area (Å²) in [5.74, 6) is -1.25. The second-order valence-corrected chi connectivity index (χ2v) is 6.93. The van der Waals surface area contributed by atoms with Crippen molar-refractivity contribution < 1.29 is 18.5 Å². The molecule has 4 rings (SSSR count). The van der Waals surface area contributed by atoms with E-state index in [1.54, 1.807) is 6.07 Å². The number of aryl methyl sites for hydroxylation is 2. The fourth-order valence-electron chi connectivity index (χ4n) is 3.76. The molecule has 29 heavy (non-hydrogen) atoms. The number of oxazole rings is 1. The van der Waals surface area contributed by atoms with Gasteiger partial charge in [-0.2, -0.15) is 0 Å². The van der Waals surface area contributed by atoms with Gasteiger partial charge in [-0.3, -0.25) is 19.5 Å². The van der Waals surface area contributed by atoms with Gasteiger partial charge < -0.3 is 9.32 Å². The molecule has 1 aliphatic heterocycles. The Balaban J connectivity index is 1.48. The number of carbonyl (C=O) groups excluding carboxylic acids is 1. The number of anilines is 1. The fraction of sp³-hybridized carbons (Fsp3) is 0.300. The molecule has 0 saturated heterocycles. The maximum absolute atomic E-state index is 14.2. The molecule has 0 unspecified atom stereocenters. The van der Waals surface area contributed by atoms with E-state index in [1.165, 1.54) is 33.7 Å². The molecule has 8 nitrogen and oxygen atoms in total. The molecule has 0 atom stereocenters. The Morgan fingerprint density at radius 3 is 2.90 bits per heavy atom. The number of nitro benzene ring substituents is 1. The summed E-state index contributed by atoms with van der Waals surface area (Å²) < 4.78 is 20.7. The number of para-hydroxylation sites is 1. The van der Waals surface area contributed by atoms with E-state index in [4.69, 9.17) is 4.42 Å². The highest BCUT2D eigenvalue weighted by Gasteiger charge is 2.25. The fourth-order valence-corrected chi connectivity index (χ4v) is 3.76. The molecule has 2 aromatic carbocycles. The average Bonchev–Trinajstić information content (AvgIpc) is 3.02. The number of amides is 1. The van der Waals surface area contributed by atoms with E-state index >= 15 is 0 Å². The van der Waals surface area contributed by atoms with Crippen LogP contribution < -0.4 is 10.7 Å². The van der Waals surface area contributed by atoms with Gasteiger partial charge in [0.15, 0.2) is 5.58 Å². The van der Waals surface area contributed by atoms with Crippen molar-refractivity contribution in [1.29, 1.82) is 0 Å². The summed E-state index contributed by atoms with van der Waals surface area (Å²) in [7, 11) is 0. The summed E-state index contributed by atoms with van der Waals surface area (Å²) in [5, 5.41) is 10.9. The van der Waals surface area contributed by atoms with Crippen LogP contribution in [0.5, 0.6) is 0 Å². The first-order chi connectivity index (χ1) is 14.0. The van der Waals surface area contributed by atoms with Gasteiger partial charge >= 0.3 is 5.76 Å².